The van der Waals surface area contributed by atoms with Crippen molar-refractivity contribution in [2.45, 2.75) is 32.3 Å². The Morgan fingerprint density at radius 2 is 1.88 bits per heavy atom. The Balaban J connectivity index is 1.90. The first-order chi connectivity index (χ1) is 11.4. The molecule has 3 heteroatoms. The summed E-state index contributed by atoms with van der Waals surface area (Å²) in [5.74, 6) is 0.895. The van der Waals surface area contributed by atoms with E-state index in [1.165, 1.54) is 16.5 Å². The highest BCUT2D eigenvalue weighted by molar-refractivity contribution is 5.97. The summed E-state index contributed by atoms with van der Waals surface area (Å²) in [7, 11) is 2.16. The molecule has 0 amide bonds. The van der Waals surface area contributed by atoms with Gasteiger partial charge in [-0.2, -0.15) is 0 Å². The van der Waals surface area contributed by atoms with E-state index in [2.05, 4.69) is 54.4 Å². The zero-order valence-electron chi connectivity index (χ0n) is 14.9. The summed E-state index contributed by atoms with van der Waals surface area (Å²) >= 11 is 0. The van der Waals surface area contributed by atoms with Gasteiger partial charge in [0.1, 0.15) is 5.75 Å². The number of aliphatic hydroxyl groups is 1. The quantitative estimate of drug-likeness (QED) is 0.898. The van der Waals surface area contributed by atoms with E-state index >= 15 is 0 Å². The summed E-state index contributed by atoms with van der Waals surface area (Å²) in [6.07, 6.45) is 4.03. The summed E-state index contributed by atoms with van der Waals surface area (Å²) in [6.45, 7) is 6.24. The lowest BCUT2D eigenvalue weighted by Gasteiger charge is -2.23. The molecular formula is C21H27NO2. The minimum Gasteiger partial charge on any atom is -0.493 e. The zero-order chi connectivity index (χ0) is 17.2. The van der Waals surface area contributed by atoms with Gasteiger partial charge >= 0.3 is 0 Å². The molecule has 0 unspecified atom stereocenters. The SMILES string of the molecule is CN1CC=C(c2ccc(OCCC(C)(C)O)c3ccccc23)CC1. The third kappa shape index (κ3) is 3.97. The molecule has 1 N–H and O–H groups in total. The van der Waals surface area contributed by atoms with Crippen LogP contribution in [0.25, 0.3) is 16.3 Å². The van der Waals surface area contributed by atoms with E-state index in [0.29, 0.717) is 13.0 Å². The second-order valence-corrected chi connectivity index (χ2v) is 7.31. The molecule has 0 radical (unpaired) electrons. The molecule has 24 heavy (non-hydrogen) atoms. The number of ether oxygens (including phenoxy) is 1. The Kier molecular flexibility index (Phi) is 4.93. The minimum atomic E-state index is -0.700. The van der Waals surface area contributed by atoms with Crippen molar-refractivity contribution in [1.29, 1.82) is 0 Å². The molecule has 1 aliphatic heterocycles. The molecule has 2 aromatic rings. The third-order valence-electron chi connectivity index (χ3n) is 4.61. The van der Waals surface area contributed by atoms with Crippen LogP contribution in [-0.2, 0) is 0 Å². The van der Waals surface area contributed by atoms with Crippen LogP contribution < -0.4 is 4.74 Å². The number of fused-ring (bicyclic) bond motifs is 1. The van der Waals surface area contributed by atoms with Crippen LogP contribution in [0.3, 0.4) is 0 Å². The van der Waals surface area contributed by atoms with Crippen LogP contribution in [0.4, 0.5) is 0 Å². The topological polar surface area (TPSA) is 32.7 Å². The molecule has 0 bridgehead atoms. The van der Waals surface area contributed by atoms with Crippen LogP contribution in [0.5, 0.6) is 5.75 Å². The van der Waals surface area contributed by atoms with Crippen LogP contribution >= 0.6 is 0 Å². The molecule has 1 aliphatic rings. The van der Waals surface area contributed by atoms with Crippen LogP contribution in [0.2, 0.25) is 0 Å². The second-order valence-electron chi connectivity index (χ2n) is 7.31. The van der Waals surface area contributed by atoms with Crippen molar-refractivity contribution in [1.82, 2.24) is 4.90 Å². The molecule has 0 fully saturated rings. The van der Waals surface area contributed by atoms with E-state index in [0.717, 1.165) is 30.6 Å². The summed E-state index contributed by atoms with van der Waals surface area (Å²) in [4.78, 5) is 2.33. The van der Waals surface area contributed by atoms with Gasteiger partial charge in [-0.15, -0.1) is 0 Å². The molecule has 0 atom stereocenters. The number of nitrogens with zero attached hydrogens (tertiary/aromatic N) is 1. The van der Waals surface area contributed by atoms with Crippen molar-refractivity contribution in [3.05, 3.63) is 48.0 Å². The number of hydrogen-bond acceptors (Lipinski definition) is 3. The van der Waals surface area contributed by atoms with Gasteiger partial charge in [0.25, 0.3) is 0 Å². The first kappa shape index (κ1) is 17.0. The van der Waals surface area contributed by atoms with Crippen LogP contribution in [0, 0.1) is 0 Å². The van der Waals surface area contributed by atoms with Crippen LogP contribution in [-0.4, -0.2) is 42.4 Å². The van der Waals surface area contributed by atoms with Crippen LogP contribution in [0.15, 0.2) is 42.5 Å². The Labute approximate surface area is 144 Å². The first-order valence-electron chi connectivity index (χ1n) is 8.69. The van der Waals surface area contributed by atoms with Gasteiger partial charge in [-0.1, -0.05) is 36.4 Å². The molecular weight excluding hydrogens is 298 g/mol. The minimum absolute atomic E-state index is 0.514. The average molecular weight is 325 g/mol. The van der Waals surface area contributed by atoms with Crippen LogP contribution in [0.1, 0.15) is 32.3 Å². The third-order valence-corrected chi connectivity index (χ3v) is 4.61. The highest BCUT2D eigenvalue weighted by Gasteiger charge is 2.15. The Hall–Kier alpha value is -1.84. The van der Waals surface area contributed by atoms with Gasteiger partial charge in [-0.3, -0.25) is 0 Å². The number of benzene rings is 2. The molecule has 0 saturated heterocycles. The smallest absolute Gasteiger partial charge is 0.127 e. The van der Waals surface area contributed by atoms with Crippen molar-refractivity contribution < 1.29 is 9.84 Å². The molecule has 3 nitrogen and oxygen atoms in total. The van der Waals surface area contributed by atoms with Crippen molar-refractivity contribution in [3.8, 4) is 5.75 Å². The van der Waals surface area contributed by atoms with Gasteiger partial charge < -0.3 is 14.7 Å². The maximum Gasteiger partial charge on any atom is 0.127 e. The van der Waals surface area contributed by atoms with Crippen molar-refractivity contribution in [2.75, 3.05) is 26.7 Å². The van der Waals surface area contributed by atoms with E-state index in [-0.39, 0.29) is 0 Å². The lowest BCUT2D eigenvalue weighted by atomic mass is 9.94. The van der Waals surface area contributed by atoms with Gasteiger partial charge in [0.05, 0.1) is 12.2 Å². The van der Waals surface area contributed by atoms with E-state index in [4.69, 9.17) is 4.74 Å². The molecule has 2 aromatic carbocycles. The summed E-state index contributed by atoms with van der Waals surface area (Å²) < 4.78 is 5.97. The van der Waals surface area contributed by atoms with E-state index in [1.54, 1.807) is 0 Å². The Morgan fingerprint density at radius 3 is 2.54 bits per heavy atom. The van der Waals surface area contributed by atoms with Gasteiger partial charge in [0.15, 0.2) is 0 Å². The normalized spacial score (nSPS) is 16.2. The predicted octanol–water partition coefficient (Wildman–Crippen LogP) is 4.10. The van der Waals surface area contributed by atoms with Crippen molar-refractivity contribution >= 4 is 16.3 Å². The maximum absolute atomic E-state index is 9.85. The highest BCUT2D eigenvalue weighted by atomic mass is 16.5. The number of hydrogen-bond donors (Lipinski definition) is 1. The van der Waals surface area contributed by atoms with Gasteiger partial charge in [-0.05, 0) is 49.9 Å². The lowest BCUT2D eigenvalue weighted by Crippen LogP contribution is -2.23. The fraction of sp³-hybridized carbons (Fsp3) is 0.429. The molecule has 0 spiro atoms. The van der Waals surface area contributed by atoms with Gasteiger partial charge in [-0.25, -0.2) is 0 Å². The van der Waals surface area contributed by atoms with E-state index < -0.39 is 5.60 Å². The van der Waals surface area contributed by atoms with Gasteiger partial charge in [0.2, 0.25) is 0 Å². The molecule has 0 aromatic heterocycles. The molecule has 1 heterocycles. The lowest BCUT2D eigenvalue weighted by molar-refractivity contribution is 0.0555. The van der Waals surface area contributed by atoms with Crippen molar-refractivity contribution in [3.63, 3.8) is 0 Å². The summed E-state index contributed by atoms with van der Waals surface area (Å²) in [6, 6.07) is 12.7. The Morgan fingerprint density at radius 1 is 1.12 bits per heavy atom. The Bertz CT molecular complexity index is 743. The zero-order valence-corrected chi connectivity index (χ0v) is 14.9. The van der Waals surface area contributed by atoms with E-state index in [1.807, 2.05) is 13.8 Å². The monoisotopic (exact) mass is 325 g/mol. The first-order valence-corrected chi connectivity index (χ1v) is 8.69. The molecule has 128 valence electrons. The predicted molar refractivity (Wildman–Crippen MR) is 100 cm³/mol. The fourth-order valence-electron chi connectivity index (χ4n) is 3.10. The summed E-state index contributed by atoms with van der Waals surface area (Å²) in [5, 5.41) is 12.2. The second kappa shape index (κ2) is 6.96. The van der Waals surface area contributed by atoms with Crippen molar-refractivity contribution in [2.24, 2.45) is 0 Å². The average Bonchev–Trinajstić information content (AvgIpc) is 2.55. The highest BCUT2D eigenvalue weighted by Crippen LogP contribution is 2.34. The number of likely N-dealkylation sites (N-methyl/N-ethyl adjacent to an activating group) is 1. The maximum atomic E-state index is 9.85. The molecule has 3 rings (SSSR count). The largest absolute Gasteiger partial charge is 0.493 e. The fourth-order valence-corrected chi connectivity index (χ4v) is 3.10. The number of rotatable bonds is 5. The summed E-state index contributed by atoms with van der Waals surface area (Å²) in [5.41, 5.74) is 2.04. The van der Waals surface area contributed by atoms with E-state index in [9.17, 15) is 5.11 Å². The standard InChI is InChI=1S/C21H27NO2/c1-21(2,23)12-15-24-20-9-8-17(16-10-13-22(3)14-11-16)18-6-4-5-7-19(18)20/h4-10,23H,11-15H2,1-3H3. The molecule has 0 saturated carbocycles. The molecule has 0 aliphatic carbocycles. The van der Waals surface area contributed by atoms with Gasteiger partial charge in [0, 0.05) is 24.9 Å².